The molecule has 3 nitrogen and oxygen atoms in total. The van der Waals surface area contributed by atoms with Gasteiger partial charge in [0.15, 0.2) is 0 Å². The van der Waals surface area contributed by atoms with Crippen molar-refractivity contribution in [3.8, 4) is 27.3 Å². The number of thioether (sulfide) groups is 1. The predicted molar refractivity (Wildman–Crippen MR) is 126 cm³/mol. The number of carbonyl (C=O) groups excluding carboxylic acids is 1. The lowest BCUT2D eigenvalue weighted by atomic mass is 10.00. The molecule has 0 aliphatic carbocycles. The molecule has 31 heavy (non-hydrogen) atoms. The molecule has 1 heterocycles. The Bertz CT molecular complexity index is 1180. The average Bonchev–Trinajstić information content (AvgIpc) is 3.28. The van der Waals surface area contributed by atoms with Crippen molar-refractivity contribution in [1.82, 2.24) is 0 Å². The fraction of sp³-hybridized carbons (Fsp3) is 0.115. The molecule has 4 aromatic rings. The maximum Gasteiger partial charge on any atom is 0.127 e. The van der Waals surface area contributed by atoms with Crippen LogP contribution in [-0.4, -0.2) is 12.2 Å². The lowest BCUT2D eigenvalue weighted by molar-refractivity contribution is -0.304. The van der Waals surface area contributed by atoms with Crippen LogP contribution in [0.3, 0.4) is 0 Å². The molecule has 0 radical (unpaired) electrons. The summed E-state index contributed by atoms with van der Waals surface area (Å²) in [6.45, 7) is 0.493. The van der Waals surface area contributed by atoms with Crippen molar-refractivity contribution < 1.29 is 14.6 Å². The third-order valence-corrected chi connectivity index (χ3v) is 6.61. The predicted octanol–water partition coefficient (Wildman–Crippen LogP) is 5.68. The molecule has 4 rings (SSSR count). The van der Waals surface area contributed by atoms with Crippen LogP contribution >= 0.6 is 23.1 Å². The molecule has 0 aliphatic rings. The van der Waals surface area contributed by atoms with E-state index in [1.54, 1.807) is 23.1 Å². The van der Waals surface area contributed by atoms with Gasteiger partial charge in [-0.2, -0.15) is 0 Å². The van der Waals surface area contributed by atoms with Crippen LogP contribution in [0.2, 0.25) is 0 Å². The molecule has 156 valence electrons. The standard InChI is InChI=1S/C26H22O3S2/c1-30-21-10-11-24(29-17-18-6-3-2-4-7-18)23(16-21)22-12-13-31-26(22)20-9-5-8-19(14-20)15-25(27)28/h2-14,16H,15,17H2,1H3,(H,27,28)/p-1. The highest BCUT2D eigenvalue weighted by molar-refractivity contribution is 7.98. The molecule has 5 heteroatoms. The molecule has 0 amide bonds. The second-order valence-electron chi connectivity index (χ2n) is 7.05. The Morgan fingerprint density at radius 2 is 1.74 bits per heavy atom. The Hall–Kier alpha value is -3.02. The fourth-order valence-electron chi connectivity index (χ4n) is 3.44. The zero-order valence-electron chi connectivity index (χ0n) is 17.0. The van der Waals surface area contributed by atoms with Crippen molar-refractivity contribution >= 4 is 29.1 Å². The first-order valence-electron chi connectivity index (χ1n) is 9.86. The summed E-state index contributed by atoms with van der Waals surface area (Å²) in [5.41, 5.74) is 4.95. The normalized spacial score (nSPS) is 10.7. The highest BCUT2D eigenvalue weighted by atomic mass is 32.2. The van der Waals surface area contributed by atoms with E-state index in [0.29, 0.717) is 6.61 Å². The van der Waals surface area contributed by atoms with Gasteiger partial charge in [-0.15, -0.1) is 23.1 Å². The third-order valence-electron chi connectivity index (χ3n) is 4.92. The van der Waals surface area contributed by atoms with Gasteiger partial charge < -0.3 is 14.6 Å². The van der Waals surface area contributed by atoms with Crippen LogP contribution in [0.4, 0.5) is 0 Å². The summed E-state index contributed by atoms with van der Waals surface area (Å²) in [7, 11) is 0. The van der Waals surface area contributed by atoms with Crippen LogP contribution in [0.1, 0.15) is 11.1 Å². The van der Waals surface area contributed by atoms with E-state index in [1.165, 1.54) is 0 Å². The van der Waals surface area contributed by atoms with E-state index in [2.05, 4.69) is 42.0 Å². The van der Waals surface area contributed by atoms with Gasteiger partial charge in [-0.25, -0.2) is 0 Å². The van der Waals surface area contributed by atoms with Gasteiger partial charge in [0.25, 0.3) is 0 Å². The fourth-order valence-corrected chi connectivity index (χ4v) is 4.79. The van der Waals surface area contributed by atoms with E-state index in [4.69, 9.17) is 4.74 Å². The molecule has 1 aromatic heterocycles. The number of rotatable bonds is 8. The quantitative estimate of drug-likeness (QED) is 0.328. The van der Waals surface area contributed by atoms with Crippen LogP contribution in [0.15, 0.2) is 89.1 Å². The molecule has 0 unspecified atom stereocenters. The van der Waals surface area contributed by atoms with Gasteiger partial charge in [0.1, 0.15) is 12.4 Å². The molecular formula is C26H21O3S2-. The molecular weight excluding hydrogens is 424 g/mol. The van der Waals surface area contributed by atoms with Crippen LogP contribution in [0, 0.1) is 0 Å². The summed E-state index contributed by atoms with van der Waals surface area (Å²) in [5, 5.41) is 13.1. The molecule has 0 saturated heterocycles. The van der Waals surface area contributed by atoms with E-state index in [9.17, 15) is 9.90 Å². The van der Waals surface area contributed by atoms with E-state index in [1.807, 2.05) is 48.5 Å². The SMILES string of the molecule is CSc1ccc(OCc2ccccc2)c(-c2ccsc2-c2cccc(CC(=O)[O-])c2)c1. The first-order valence-corrected chi connectivity index (χ1v) is 12.0. The number of thiophene rings is 1. The summed E-state index contributed by atoms with van der Waals surface area (Å²) in [4.78, 5) is 13.3. The minimum absolute atomic E-state index is 0.0953. The van der Waals surface area contributed by atoms with Gasteiger partial charge >= 0.3 is 0 Å². The molecule has 3 aromatic carbocycles. The van der Waals surface area contributed by atoms with Crippen molar-refractivity contribution in [2.75, 3.05) is 6.26 Å². The zero-order valence-corrected chi connectivity index (χ0v) is 18.7. The van der Waals surface area contributed by atoms with Gasteiger partial charge in [0, 0.05) is 33.3 Å². The van der Waals surface area contributed by atoms with Gasteiger partial charge in [-0.3, -0.25) is 0 Å². The topological polar surface area (TPSA) is 49.4 Å². The van der Waals surface area contributed by atoms with Crippen LogP contribution in [0.25, 0.3) is 21.6 Å². The number of hydrogen-bond acceptors (Lipinski definition) is 5. The number of ether oxygens (including phenoxy) is 1. The molecule has 0 spiro atoms. The summed E-state index contributed by atoms with van der Waals surface area (Å²) < 4.78 is 6.22. The smallest absolute Gasteiger partial charge is 0.127 e. The van der Waals surface area contributed by atoms with E-state index in [-0.39, 0.29) is 6.42 Å². The third kappa shape index (κ3) is 5.19. The zero-order chi connectivity index (χ0) is 21.6. The van der Waals surface area contributed by atoms with E-state index in [0.717, 1.165) is 43.3 Å². The highest BCUT2D eigenvalue weighted by Gasteiger charge is 2.15. The Labute approximate surface area is 190 Å². The number of carboxylic acid groups (broad SMARTS) is 1. The Kier molecular flexibility index (Phi) is 6.75. The molecule has 0 bridgehead atoms. The summed E-state index contributed by atoms with van der Waals surface area (Å²) in [6, 6.07) is 26.1. The molecule has 0 aliphatic heterocycles. The van der Waals surface area contributed by atoms with Crippen LogP contribution < -0.4 is 9.84 Å². The summed E-state index contributed by atoms with van der Waals surface area (Å²) in [6.07, 6.45) is 1.96. The number of carbonyl (C=O) groups is 1. The first kappa shape index (κ1) is 21.2. The van der Waals surface area contributed by atoms with Gasteiger partial charge in [-0.1, -0.05) is 48.5 Å². The Morgan fingerprint density at radius 3 is 2.52 bits per heavy atom. The minimum Gasteiger partial charge on any atom is -0.550 e. The van der Waals surface area contributed by atoms with E-state index < -0.39 is 5.97 Å². The van der Waals surface area contributed by atoms with Crippen molar-refractivity contribution in [2.45, 2.75) is 17.9 Å². The summed E-state index contributed by atoms with van der Waals surface area (Å²) >= 11 is 3.33. The lowest BCUT2D eigenvalue weighted by Crippen LogP contribution is -2.24. The van der Waals surface area contributed by atoms with Crippen molar-refractivity contribution in [1.29, 1.82) is 0 Å². The average molecular weight is 446 g/mol. The monoisotopic (exact) mass is 445 g/mol. The van der Waals surface area contributed by atoms with Gasteiger partial charge in [-0.05, 0) is 58.7 Å². The molecule has 0 N–H and O–H groups in total. The van der Waals surface area contributed by atoms with Crippen molar-refractivity contribution in [3.63, 3.8) is 0 Å². The Balaban J connectivity index is 1.71. The highest BCUT2D eigenvalue weighted by Crippen LogP contribution is 2.42. The largest absolute Gasteiger partial charge is 0.550 e. The van der Waals surface area contributed by atoms with Crippen molar-refractivity contribution in [3.05, 3.63) is 95.4 Å². The molecule has 0 atom stereocenters. The number of benzene rings is 3. The number of carboxylic acids is 1. The second-order valence-corrected chi connectivity index (χ2v) is 8.84. The minimum atomic E-state index is -1.08. The maximum absolute atomic E-state index is 11.0. The summed E-state index contributed by atoms with van der Waals surface area (Å²) in [5.74, 6) is -0.250. The Morgan fingerprint density at radius 1 is 0.935 bits per heavy atom. The van der Waals surface area contributed by atoms with Gasteiger partial charge in [0.2, 0.25) is 0 Å². The number of aliphatic carboxylic acids is 1. The first-order chi connectivity index (χ1) is 15.1. The van der Waals surface area contributed by atoms with Crippen LogP contribution in [0.5, 0.6) is 5.75 Å². The van der Waals surface area contributed by atoms with E-state index >= 15 is 0 Å². The maximum atomic E-state index is 11.0. The second kappa shape index (κ2) is 9.86. The molecule has 0 saturated carbocycles. The van der Waals surface area contributed by atoms with Crippen molar-refractivity contribution in [2.24, 2.45) is 0 Å². The number of hydrogen-bond donors (Lipinski definition) is 0. The van der Waals surface area contributed by atoms with Gasteiger partial charge in [0.05, 0.1) is 0 Å². The van der Waals surface area contributed by atoms with Crippen LogP contribution in [-0.2, 0) is 17.8 Å². The molecule has 0 fully saturated rings. The lowest BCUT2D eigenvalue weighted by Gasteiger charge is -2.14.